The SMILES string of the molecule is CC(C)CC(C)N(C)c1cc(C(=N)N)ccn1. The number of rotatable bonds is 5. The van der Waals surface area contributed by atoms with Crippen LogP contribution in [-0.4, -0.2) is 23.9 Å². The van der Waals surface area contributed by atoms with Gasteiger partial charge >= 0.3 is 0 Å². The van der Waals surface area contributed by atoms with Crippen molar-refractivity contribution in [1.82, 2.24) is 4.98 Å². The zero-order valence-electron chi connectivity index (χ0n) is 11.1. The van der Waals surface area contributed by atoms with Crippen molar-refractivity contribution in [3.63, 3.8) is 0 Å². The first-order valence-electron chi connectivity index (χ1n) is 5.95. The molecule has 0 aliphatic heterocycles. The molecule has 1 aromatic heterocycles. The molecule has 4 heteroatoms. The van der Waals surface area contributed by atoms with Gasteiger partial charge < -0.3 is 10.6 Å². The highest BCUT2D eigenvalue weighted by Gasteiger charge is 2.13. The number of nitrogens with zero attached hydrogens (tertiary/aromatic N) is 2. The van der Waals surface area contributed by atoms with E-state index in [4.69, 9.17) is 11.1 Å². The van der Waals surface area contributed by atoms with Crippen molar-refractivity contribution in [3.05, 3.63) is 23.9 Å². The first kappa shape index (κ1) is 13.5. The van der Waals surface area contributed by atoms with Crippen LogP contribution in [0.5, 0.6) is 0 Å². The van der Waals surface area contributed by atoms with E-state index in [1.165, 1.54) is 0 Å². The molecular weight excluding hydrogens is 212 g/mol. The molecule has 94 valence electrons. The largest absolute Gasteiger partial charge is 0.384 e. The van der Waals surface area contributed by atoms with Crippen molar-refractivity contribution < 1.29 is 0 Å². The highest BCUT2D eigenvalue weighted by Crippen LogP contribution is 2.17. The van der Waals surface area contributed by atoms with Gasteiger partial charge in [-0.15, -0.1) is 0 Å². The van der Waals surface area contributed by atoms with Crippen LogP contribution in [0.15, 0.2) is 18.3 Å². The maximum absolute atomic E-state index is 7.42. The number of amidine groups is 1. The first-order chi connectivity index (χ1) is 7.91. The van der Waals surface area contributed by atoms with Crippen molar-refractivity contribution in [2.45, 2.75) is 33.2 Å². The van der Waals surface area contributed by atoms with E-state index in [1.54, 1.807) is 12.3 Å². The molecule has 0 spiro atoms. The molecule has 0 aromatic carbocycles. The molecule has 1 aromatic rings. The van der Waals surface area contributed by atoms with Crippen molar-refractivity contribution >= 4 is 11.7 Å². The summed E-state index contributed by atoms with van der Waals surface area (Å²) in [5.74, 6) is 1.60. The molecule has 0 radical (unpaired) electrons. The fraction of sp³-hybridized carbons (Fsp3) is 0.538. The third-order valence-corrected chi connectivity index (χ3v) is 2.89. The lowest BCUT2D eigenvalue weighted by Gasteiger charge is -2.27. The Kier molecular flexibility index (Phi) is 4.49. The van der Waals surface area contributed by atoms with Gasteiger partial charge in [-0.05, 0) is 31.4 Å². The lowest BCUT2D eigenvalue weighted by molar-refractivity contribution is 0.502. The second-order valence-corrected chi connectivity index (χ2v) is 4.91. The van der Waals surface area contributed by atoms with Crippen LogP contribution >= 0.6 is 0 Å². The Bertz CT molecular complexity index is 387. The predicted octanol–water partition coefficient (Wildman–Crippen LogP) is 2.24. The van der Waals surface area contributed by atoms with Gasteiger partial charge in [0.2, 0.25) is 0 Å². The van der Waals surface area contributed by atoms with E-state index in [1.807, 2.05) is 13.1 Å². The Hall–Kier alpha value is -1.58. The molecule has 1 unspecified atom stereocenters. The van der Waals surface area contributed by atoms with Crippen LogP contribution in [0.3, 0.4) is 0 Å². The van der Waals surface area contributed by atoms with Crippen LogP contribution in [-0.2, 0) is 0 Å². The summed E-state index contributed by atoms with van der Waals surface area (Å²) < 4.78 is 0. The van der Waals surface area contributed by atoms with Crippen LogP contribution in [0.4, 0.5) is 5.82 Å². The average Bonchev–Trinajstić information content (AvgIpc) is 2.27. The molecule has 1 heterocycles. The molecule has 0 amide bonds. The van der Waals surface area contributed by atoms with Gasteiger partial charge in [-0.2, -0.15) is 0 Å². The second kappa shape index (κ2) is 5.66. The number of nitrogens with two attached hydrogens (primary N) is 1. The summed E-state index contributed by atoms with van der Waals surface area (Å²) in [6.07, 6.45) is 2.81. The van der Waals surface area contributed by atoms with Crippen molar-refractivity contribution in [2.24, 2.45) is 11.7 Å². The lowest BCUT2D eigenvalue weighted by atomic mass is 10.0. The van der Waals surface area contributed by atoms with E-state index >= 15 is 0 Å². The number of anilines is 1. The van der Waals surface area contributed by atoms with Gasteiger partial charge in [0.05, 0.1) is 0 Å². The Morgan fingerprint density at radius 2 is 2.12 bits per heavy atom. The molecule has 17 heavy (non-hydrogen) atoms. The van der Waals surface area contributed by atoms with Gasteiger partial charge in [-0.1, -0.05) is 13.8 Å². The van der Waals surface area contributed by atoms with Crippen molar-refractivity contribution in [3.8, 4) is 0 Å². The molecule has 0 saturated carbocycles. The third-order valence-electron chi connectivity index (χ3n) is 2.89. The first-order valence-corrected chi connectivity index (χ1v) is 5.95. The van der Waals surface area contributed by atoms with Gasteiger partial charge in [0.1, 0.15) is 11.7 Å². The normalized spacial score (nSPS) is 12.5. The van der Waals surface area contributed by atoms with Crippen molar-refractivity contribution in [1.29, 1.82) is 5.41 Å². The van der Waals surface area contributed by atoms with Crippen LogP contribution in [0.25, 0.3) is 0 Å². The number of hydrogen-bond donors (Lipinski definition) is 2. The monoisotopic (exact) mass is 234 g/mol. The molecule has 0 aliphatic carbocycles. The topological polar surface area (TPSA) is 66.0 Å². The summed E-state index contributed by atoms with van der Waals surface area (Å²) in [4.78, 5) is 6.46. The van der Waals surface area contributed by atoms with E-state index in [9.17, 15) is 0 Å². The Morgan fingerprint density at radius 3 is 2.65 bits per heavy atom. The summed E-state index contributed by atoms with van der Waals surface area (Å²) in [7, 11) is 2.03. The fourth-order valence-electron chi connectivity index (χ4n) is 1.84. The number of nitrogen functional groups attached to an aromatic ring is 1. The summed E-state index contributed by atoms with van der Waals surface area (Å²) in [5, 5.41) is 7.42. The highest BCUT2D eigenvalue weighted by atomic mass is 15.2. The molecular formula is C13H22N4. The summed E-state index contributed by atoms with van der Waals surface area (Å²) in [6.45, 7) is 6.61. The third kappa shape index (κ3) is 3.73. The van der Waals surface area contributed by atoms with Gasteiger partial charge in [0.15, 0.2) is 0 Å². The van der Waals surface area contributed by atoms with Gasteiger partial charge in [0.25, 0.3) is 0 Å². The van der Waals surface area contributed by atoms with Gasteiger partial charge in [-0.25, -0.2) is 4.98 Å². The minimum atomic E-state index is 0.0820. The zero-order chi connectivity index (χ0) is 13.0. The van der Waals surface area contributed by atoms with Gasteiger partial charge in [0, 0.05) is 24.8 Å². The van der Waals surface area contributed by atoms with Gasteiger partial charge in [-0.3, -0.25) is 5.41 Å². The highest BCUT2D eigenvalue weighted by molar-refractivity contribution is 5.95. The van der Waals surface area contributed by atoms with E-state index in [0.29, 0.717) is 12.0 Å². The number of hydrogen-bond acceptors (Lipinski definition) is 3. The fourth-order valence-corrected chi connectivity index (χ4v) is 1.84. The molecule has 1 atom stereocenters. The summed E-state index contributed by atoms with van der Waals surface area (Å²) >= 11 is 0. The summed E-state index contributed by atoms with van der Waals surface area (Å²) in [6, 6.07) is 4.04. The molecule has 4 nitrogen and oxygen atoms in total. The second-order valence-electron chi connectivity index (χ2n) is 4.91. The smallest absolute Gasteiger partial charge is 0.129 e. The molecule has 3 N–H and O–H groups in total. The quantitative estimate of drug-likeness (QED) is 0.606. The van der Waals surface area contributed by atoms with Crippen LogP contribution in [0, 0.1) is 11.3 Å². The number of nitrogens with one attached hydrogen (secondary N) is 1. The van der Waals surface area contributed by atoms with E-state index in [2.05, 4.69) is 30.7 Å². The molecule has 0 saturated heterocycles. The Labute approximate surface area is 103 Å². The molecule has 0 bridgehead atoms. The van der Waals surface area contributed by atoms with Crippen LogP contribution < -0.4 is 10.6 Å². The minimum absolute atomic E-state index is 0.0820. The zero-order valence-corrected chi connectivity index (χ0v) is 11.1. The Balaban J connectivity index is 2.84. The molecule has 0 fully saturated rings. The van der Waals surface area contributed by atoms with E-state index in [-0.39, 0.29) is 5.84 Å². The standard InChI is InChI=1S/C13H22N4/c1-9(2)7-10(3)17(4)12-8-11(13(14)15)5-6-16-12/h5-6,8-10H,7H2,1-4H3,(H3,14,15). The van der Waals surface area contributed by atoms with Crippen LogP contribution in [0.2, 0.25) is 0 Å². The predicted molar refractivity (Wildman–Crippen MR) is 72.6 cm³/mol. The maximum atomic E-state index is 7.42. The van der Waals surface area contributed by atoms with E-state index in [0.717, 1.165) is 17.8 Å². The Morgan fingerprint density at radius 1 is 1.47 bits per heavy atom. The average molecular weight is 234 g/mol. The number of pyridine rings is 1. The minimum Gasteiger partial charge on any atom is -0.384 e. The summed E-state index contributed by atoms with van der Waals surface area (Å²) in [5.41, 5.74) is 6.20. The maximum Gasteiger partial charge on any atom is 0.129 e. The molecule has 1 rings (SSSR count). The van der Waals surface area contributed by atoms with Crippen molar-refractivity contribution in [2.75, 3.05) is 11.9 Å². The molecule has 0 aliphatic rings. The lowest BCUT2D eigenvalue weighted by Crippen LogP contribution is -2.31. The van der Waals surface area contributed by atoms with E-state index < -0.39 is 0 Å². The number of aromatic nitrogens is 1. The van der Waals surface area contributed by atoms with Crippen LogP contribution in [0.1, 0.15) is 32.8 Å².